The molecule has 3 aliphatic rings. The van der Waals surface area contributed by atoms with Crippen LogP contribution >= 0.6 is 0 Å². The van der Waals surface area contributed by atoms with Crippen LogP contribution in [0.15, 0.2) is 24.3 Å². The number of piperidine rings is 1. The molecular formula is C18H22F3N. The molecule has 1 aromatic carbocycles. The van der Waals surface area contributed by atoms with Crippen molar-refractivity contribution in [3.8, 4) is 0 Å². The van der Waals surface area contributed by atoms with E-state index >= 15 is 0 Å². The van der Waals surface area contributed by atoms with Gasteiger partial charge in [-0.25, -0.2) is 0 Å². The molecule has 4 rings (SSSR count). The highest BCUT2D eigenvalue weighted by Gasteiger charge is 2.64. The van der Waals surface area contributed by atoms with Gasteiger partial charge in [0.25, 0.3) is 0 Å². The highest BCUT2D eigenvalue weighted by atomic mass is 19.4. The predicted octanol–water partition coefficient (Wildman–Crippen LogP) is 4.53. The Morgan fingerprint density at radius 2 is 1.50 bits per heavy atom. The van der Waals surface area contributed by atoms with Crippen molar-refractivity contribution in [1.82, 2.24) is 5.32 Å². The Morgan fingerprint density at radius 3 is 2.00 bits per heavy atom. The first-order valence-electron chi connectivity index (χ1n) is 8.32. The zero-order chi connectivity index (χ0) is 15.4. The number of nitrogens with one attached hydrogen (secondary N) is 1. The third kappa shape index (κ3) is 2.18. The van der Waals surface area contributed by atoms with E-state index in [1.165, 1.54) is 31.2 Å². The molecule has 1 saturated heterocycles. The molecule has 1 aliphatic heterocycles. The molecule has 4 heteroatoms. The third-order valence-corrected chi connectivity index (χ3v) is 6.25. The molecule has 1 spiro atoms. The predicted molar refractivity (Wildman–Crippen MR) is 79.9 cm³/mol. The van der Waals surface area contributed by atoms with Gasteiger partial charge in [0.2, 0.25) is 0 Å². The maximum Gasteiger partial charge on any atom is 0.398 e. The van der Waals surface area contributed by atoms with Gasteiger partial charge in [-0.05, 0) is 74.1 Å². The summed E-state index contributed by atoms with van der Waals surface area (Å²) in [7, 11) is 0. The van der Waals surface area contributed by atoms with Gasteiger partial charge in [-0.3, -0.25) is 0 Å². The van der Waals surface area contributed by atoms with Crippen molar-refractivity contribution >= 4 is 0 Å². The summed E-state index contributed by atoms with van der Waals surface area (Å²) >= 11 is 0. The maximum atomic E-state index is 13.2. The second-order valence-corrected chi connectivity index (χ2v) is 7.56. The molecule has 22 heavy (non-hydrogen) atoms. The molecule has 3 fully saturated rings. The number of hydrogen-bond donors (Lipinski definition) is 1. The minimum Gasteiger partial charge on any atom is -0.317 e. The van der Waals surface area contributed by atoms with Gasteiger partial charge in [0.05, 0.1) is 5.41 Å². The summed E-state index contributed by atoms with van der Waals surface area (Å²) in [6.45, 7) is 2.22. The number of rotatable bonds is 2. The summed E-state index contributed by atoms with van der Waals surface area (Å²) in [6.07, 6.45) is 1.29. The summed E-state index contributed by atoms with van der Waals surface area (Å²) in [5.74, 6) is 0.549. The van der Waals surface area contributed by atoms with E-state index in [0.29, 0.717) is 16.9 Å². The fourth-order valence-corrected chi connectivity index (χ4v) is 4.52. The molecule has 2 aliphatic carbocycles. The molecule has 0 aromatic heterocycles. The van der Waals surface area contributed by atoms with Crippen LogP contribution in [0.2, 0.25) is 0 Å². The van der Waals surface area contributed by atoms with E-state index in [4.69, 9.17) is 0 Å². The molecule has 0 unspecified atom stereocenters. The van der Waals surface area contributed by atoms with Crippen molar-refractivity contribution in [3.63, 3.8) is 0 Å². The van der Waals surface area contributed by atoms with Gasteiger partial charge < -0.3 is 5.32 Å². The highest BCUT2D eigenvalue weighted by molar-refractivity contribution is 5.37. The monoisotopic (exact) mass is 309 g/mol. The quantitative estimate of drug-likeness (QED) is 0.846. The van der Waals surface area contributed by atoms with Crippen LogP contribution in [0.3, 0.4) is 0 Å². The maximum absolute atomic E-state index is 13.2. The Labute approximate surface area is 129 Å². The lowest BCUT2D eigenvalue weighted by atomic mass is 9.56. The lowest BCUT2D eigenvalue weighted by Crippen LogP contribution is -2.44. The van der Waals surface area contributed by atoms with Gasteiger partial charge in [0.1, 0.15) is 0 Å². The Balaban J connectivity index is 1.45. The van der Waals surface area contributed by atoms with Crippen LogP contribution in [0.1, 0.15) is 55.6 Å². The molecular weight excluding hydrogens is 287 g/mol. The molecule has 0 radical (unpaired) electrons. The molecule has 1 nitrogen and oxygen atoms in total. The van der Waals surface area contributed by atoms with Gasteiger partial charge in [0.15, 0.2) is 0 Å². The van der Waals surface area contributed by atoms with Crippen molar-refractivity contribution in [1.29, 1.82) is 0 Å². The summed E-state index contributed by atoms with van der Waals surface area (Å²) in [5, 5.41) is 3.40. The summed E-state index contributed by atoms with van der Waals surface area (Å²) in [4.78, 5) is 0. The Hall–Kier alpha value is -1.03. The number of hydrogen-bond acceptors (Lipinski definition) is 1. The number of alkyl halides is 3. The zero-order valence-electron chi connectivity index (χ0n) is 12.7. The van der Waals surface area contributed by atoms with E-state index in [-0.39, 0.29) is 12.8 Å². The summed E-state index contributed by atoms with van der Waals surface area (Å²) < 4.78 is 39.5. The third-order valence-electron chi connectivity index (χ3n) is 6.25. The van der Waals surface area contributed by atoms with Crippen LogP contribution < -0.4 is 5.32 Å². The first kappa shape index (κ1) is 14.6. The molecule has 2 saturated carbocycles. The molecule has 0 bridgehead atoms. The average molecular weight is 309 g/mol. The fourth-order valence-electron chi connectivity index (χ4n) is 4.52. The van der Waals surface area contributed by atoms with E-state index in [0.717, 1.165) is 13.1 Å². The standard InChI is InChI=1S/C18H22F3N/c19-18(20,21)17(5-6-17)15-3-1-13(2-4-15)14-11-16(12-14)7-9-22-10-8-16/h1-4,14,22H,5-12H2. The molecule has 1 heterocycles. The Kier molecular flexibility index (Phi) is 3.13. The van der Waals surface area contributed by atoms with Crippen LogP contribution in [-0.2, 0) is 5.41 Å². The van der Waals surface area contributed by atoms with Gasteiger partial charge in [-0.1, -0.05) is 24.3 Å². The van der Waals surface area contributed by atoms with Crippen LogP contribution in [0.25, 0.3) is 0 Å². The van der Waals surface area contributed by atoms with Crippen LogP contribution in [0.4, 0.5) is 13.2 Å². The van der Waals surface area contributed by atoms with Crippen molar-refractivity contribution in [2.75, 3.05) is 13.1 Å². The lowest BCUT2D eigenvalue weighted by Gasteiger charge is -2.50. The lowest BCUT2D eigenvalue weighted by molar-refractivity contribution is -0.160. The fraction of sp³-hybridized carbons (Fsp3) is 0.667. The van der Waals surface area contributed by atoms with Crippen LogP contribution in [0.5, 0.6) is 0 Å². The van der Waals surface area contributed by atoms with Gasteiger partial charge >= 0.3 is 6.18 Å². The van der Waals surface area contributed by atoms with E-state index in [1.807, 2.05) is 12.1 Å². The topological polar surface area (TPSA) is 12.0 Å². The first-order valence-corrected chi connectivity index (χ1v) is 8.32. The minimum atomic E-state index is -4.11. The largest absolute Gasteiger partial charge is 0.398 e. The van der Waals surface area contributed by atoms with Crippen molar-refractivity contribution < 1.29 is 13.2 Å². The summed E-state index contributed by atoms with van der Waals surface area (Å²) in [5.41, 5.74) is 0.658. The smallest absolute Gasteiger partial charge is 0.317 e. The molecule has 0 amide bonds. The van der Waals surface area contributed by atoms with Crippen molar-refractivity contribution in [3.05, 3.63) is 35.4 Å². The van der Waals surface area contributed by atoms with Crippen molar-refractivity contribution in [2.24, 2.45) is 5.41 Å². The van der Waals surface area contributed by atoms with Crippen LogP contribution in [-0.4, -0.2) is 19.3 Å². The highest BCUT2D eigenvalue weighted by Crippen LogP contribution is 2.59. The van der Waals surface area contributed by atoms with Crippen molar-refractivity contribution in [2.45, 2.75) is 56.0 Å². The Bertz CT molecular complexity index is 543. The van der Waals surface area contributed by atoms with E-state index in [9.17, 15) is 13.2 Å². The second-order valence-electron chi connectivity index (χ2n) is 7.56. The van der Waals surface area contributed by atoms with Gasteiger partial charge in [-0.2, -0.15) is 13.2 Å². The normalized spacial score (nSPS) is 26.7. The van der Waals surface area contributed by atoms with E-state index in [1.54, 1.807) is 12.1 Å². The van der Waals surface area contributed by atoms with Gasteiger partial charge in [0, 0.05) is 0 Å². The summed E-state index contributed by atoms with van der Waals surface area (Å²) in [6, 6.07) is 7.34. The Morgan fingerprint density at radius 1 is 0.909 bits per heavy atom. The SMILES string of the molecule is FC(F)(F)C1(c2ccc(C3CC4(CCNCC4)C3)cc2)CC1. The molecule has 1 N–H and O–H groups in total. The van der Waals surface area contributed by atoms with E-state index < -0.39 is 11.6 Å². The molecule has 0 atom stereocenters. The molecule has 1 aromatic rings. The van der Waals surface area contributed by atoms with Gasteiger partial charge in [-0.15, -0.1) is 0 Å². The number of halogens is 3. The zero-order valence-corrected chi connectivity index (χ0v) is 12.7. The number of benzene rings is 1. The first-order chi connectivity index (χ1) is 10.4. The second kappa shape index (κ2) is 4.73. The average Bonchev–Trinajstić information content (AvgIpc) is 3.27. The molecule has 120 valence electrons. The minimum absolute atomic E-state index is 0.245. The van der Waals surface area contributed by atoms with E-state index in [2.05, 4.69) is 5.32 Å². The van der Waals surface area contributed by atoms with Crippen LogP contribution in [0, 0.1) is 5.41 Å².